The Labute approximate surface area is 196 Å². The molecule has 4 aliphatic rings. The molecule has 4 bridgehead atoms. The van der Waals surface area contributed by atoms with Crippen LogP contribution in [0.1, 0.15) is 62.0 Å². The number of hydrogen-bond acceptors (Lipinski definition) is 5. The van der Waals surface area contributed by atoms with Gasteiger partial charge < -0.3 is 9.51 Å². The van der Waals surface area contributed by atoms with E-state index in [9.17, 15) is 9.59 Å². The third-order valence-corrected chi connectivity index (χ3v) is 8.61. The van der Waals surface area contributed by atoms with Gasteiger partial charge in [0.15, 0.2) is 4.77 Å². The van der Waals surface area contributed by atoms with Crippen molar-refractivity contribution in [1.82, 2.24) is 14.8 Å². The second-order valence-electron chi connectivity index (χ2n) is 10.8. The van der Waals surface area contributed by atoms with Gasteiger partial charge in [0.1, 0.15) is 5.76 Å². The Kier molecular flexibility index (Phi) is 4.50. The number of amides is 1. The van der Waals surface area contributed by atoms with E-state index in [2.05, 4.69) is 15.6 Å². The lowest BCUT2D eigenvalue weighted by atomic mass is 9.42. The van der Waals surface area contributed by atoms with Crippen LogP contribution in [0.5, 0.6) is 0 Å². The molecule has 3 aromatic rings. The first-order chi connectivity index (χ1) is 15.8. The normalized spacial score (nSPS) is 30.1. The molecule has 4 aliphatic carbocycles. The molecule has 1 aromatic carbocycles. The highest BCUT2D eigenvalue weighted by Gasteiger charge is 2.59. The van der Waals surface area contributed by atoms with Crippen LogP contribution in [0.15, 0.2) is 33.6 Å². The van der Waals surface area contributed by atoms with E-state index in [1.165, 1.54) is 16.7 Å². The van der Waals surface area contributed by atoms with E-state index in [0.29, 0.717) is 29.2 Å². The van der Waals surface area contributed by atoms with Gasteiger partial charge in [-0.05, 0) is 94.0 Å². The Bertz CT molecular complexity index is 1370. The van der Waals surface area contributed by atoms with E-state index in [0.717, 1.165) is 43.6 Å². The van der Waals surface area contributed by atoms with Gasteiger partial charge in [-0.1, -0.05) is 17.3 Å². The fourth-order valence-electron chi connectivity index (χ4n) is 7.96. The number of fused-ring (bicyclic) bond motifs is 1. The molecular formula is C25H28N4O3S. The summed E-state index contributed by atoms with van der Waals surface area (Å²) in [4.78, 5) is 29.3. The van der Waals surface area contributed by atoms with Crippen LogP contribution in [0.3, 0.4) is 0 Å². The molecule has 0 saturated heterocycles. The zero-order valence-electron chi connectivity index (χ0n) is 18.9. The molecule has 172 valence electrons. The molecule has 2 atom stereocenters. The van der Waals surface area contributed by atoms with Crippen molar-refractivity contribution < 1.29 is 9.32 Å². The third kappa shape index (κ3) is 3.21. The first kappa shape index (κ1) is 20.8. The Hall–Kier alpha value is -2.74. The summed E-state index contributed by atoms with van der Waals surface area (Å²) in [5.41, 5.74) is 5.43. The number of hydrogen-bond donors (Lipinski definition) is 2. The number of aryl methyl sites for hydroxylation is 2. The van der Waals surface area contributed by atoms with Gasteiger partial charge >= 0.3 is 0 Å². The first-order valence-corrected chi connectivity index (χ1v) is 12.2. The van der Waals surface area contributed by atoms with Crippen LogP contribution in [0.2, 0.25) is 0 Å². The Morgan fingerprint density at radius 2 is 1.97 bits per heavy atom. The predicted molar refractivity (Wildman–Crippen MR) is 127 cm³/mol. The molecule has 0 radical (unpaired) electrons. The minimum absolute atomic E-state index is 0.0509. The number of nitrogens with one attached hydrogen (secondary N) is 2. The van der Waals surface area contributed by atoms with Crippen molar-refractivity contribution in [2.24, 2.45) is 17.3 Å². The predicted octanol–water partition coefficient (Wildman–Crippen LogP) is 4.66. The number of aromatic nitrogens is 3. The minimum atomic E-state index is -0.305. The van der Waals surface area contributed by atoms with Crippen LogP contribution in [-0.4, -0.2) is 20.7 Å². The smallest absolute Gasteiger partial charge is 0.281 e. The number of benzene rings is 1. The van der Waals surface area contributed by atoms with E-state index in [4.69, 9.17) is 16.7 Å². The molecule has 1 amide bonds. The van der Waals surface area contributed by atoms with Gasteiger partial charge in [-0.25, -0.2) is 0 Å². The second kappa shape index (κ2) is 7.13. The number of carbonyl (C=O) groups excluding carboxylic acids is 1. The molecule has 8 heteroatoms. The molecule has 7 nitrogen and oxygen atoms in total. The second-order valence-corrected chi connectivity index (χ2v) is 11.2. The molecular weight excluding hydrogens is 436 g/mol. The lowest BCUT2D eigenvalue weighted by molar-refractivity contribution is -0.127. The van der Waals surface area contributed by atoms with E-state index in [1.54, 1.807) is 12.1 Å². The maximum absolute atomic E-state index is 13.3. The van der Waals surface area contributed by atoms with Crippen molar-refractivity contribution in [2.45, 2.75) is 64.2 Å². The standard InChI is InChI=1S/C25H28N4O3S/c1-14-21(15(2)32-28-14)25-10-16-7-17(11-25)9-24(8-16,13-25)12-20(30)27-29-22(31)18-5-3-4-6-19(18)26-23(29)33/h3-6,16-17H,7-13H2,1-2H3,(H,26,33)(H,27,30)/t16-,17-,24?,25?/m1/s1. The van der Waals surface area contributed by atoms with Crippen LogP contribution in [0.4, 0.5) is 0 Å². The molecule has 33 heavy (non-hydrogen) atoms. The molecule has 7 rings (SSSR count). The van der Waals surface area contributed by atoms with E-state index < -0.39 is 0 Å². The Balaban J connectivity index is 1.31. The zero-order valence-corrected chi connectivity index (χ0v) is 19.8. The van der Waals surface area contributed by atoms with Crippen molar-refractivity contribution in [1.29, 1.82) is 0 Å². The van der Waals surface area contributed by atoms with Gasteiger partial charge in [-0.3, -0.25) is 15.0 Å². The van der Waals surface area contributed by atoms with Gasteiger partial charge in [0.2, 0.25) is 5.91 Å². The summed E-state index contributed by atoms with van der Waals surface area (Å²) < 4.78 is 6.94. The number of para-hydroxylation sites is 1. The van der Waals surface area contributed by atoms with Gasteiger partial charge in [0, 0.05) is 17.4 Å². The van der Waals surface area contributed by atoms with Crippen LogP contribution in [-0.2, 0) is 10.2 Å². The largest absolute Gasteiger partial charge is 0.361 e. The summed E-state index contributed by atoms with van der Waals surface area (Å²) in [5.74, 6) is 2.02. The van der Waals surface area contributed by atoms with Crippen LogP contribution in [0.25, 0.3) is 10.9 Å². The molecule has 2 N–H and O–H groups in total. The number of nitrogens with zero attached hydrogens (tertiary/aromatic N) is 2. The van der Waals surface area contributed by atoms with Crippen LogP contribution >= 0.6 is 12.2 Å². The Morgan fingerprint density at radius 1 is 1.24 bits per heavy atom. The fraction of sp³-hybridized carbons (Fsp3) is 0.520. The lowest BCUT2D eigenvalue weighted by Gasteiger charge is -2.62. The van der Waals surface area contributed by atoms with E-state index in [1.807, 2.05) is 26.0 Å². The number of rotatable bonds is 4. The van der Waals surface area contributed by atoms with Crippen molar-refractivity contribution in [2.75, 3.05) is 5.43 Å². The monoisotopic (exact) mass is 464 g/mol. The van der Waals surface area contributed by atoms with Crippen molar-refractivity contribution in [3.05, 3.63) is 56.4 Å². The number of aromatic amines is 1. The summed E-state index contributed by atoms with van der Waals surface area (Å²) in [6, 6.07) is 7.19. The SMILES string of the molecule is Cc1noc(C)c1C12C[C@@H]3C[C@H](CC(CC(=O)Nn4c(=S)[nH]c5ccccc5c4=O)(C3)C1)C2. The van der Waals surface area contributed by atoms with Crippen LogP contribution in [0, 0.1) is 35.9 Å². The number of H-pyrrole nitrogens is 1. The van der Waals surface area contributed by atoms with Gasteiger partial charge in [-0.2, -0.15) is 4.68 Å². The zero-order chi connectivity index (χ0) is 23.0. The molecule has 4 fully saturated rings. The van der Waals surface area contributed by atoms with Crippen LogP contribution < -0.4 is 11.0 Å². The highest BCUT2D eigenvalue weighted by Crippen LogP contribution is 2.67. The minimum Gasteiger partial charge on any atom is -0.361 e. The van der Waals surface area contributed by atoms with Gasteiger partial charge in [0.05, 0.1) is 16.6 Å². The van der Waals surface area contributed by atoms with Gasteiger partial charge in [0.25, 0.3) is 5.56 Å². The molecule has 0 aliphatic heterocycles. The molecule has 2 heterocycles. The van der Waals surface area contributed by atoms with Crippen molar-refractivity contribution in [3.8, 4) is 0 Å². The average Bonchev–Trinajstić information content (AvgIpc) is 3.08. The molecule has 4 saturated carbocycles. The van der Waals surface area contributed by atoms with Crippen molar-refractivity contribution in [3.63, 3.8) is 0 Å². The maximum Gasteiger partial charge on any atom is 0.281 e. The van der Waals surface area contributed by atoms with Crippen molar-refractivity contribution >= 4 is 29.0 Å². The lowest BCUT2D eigenvalue weighted by Crippen LogP contribution is -2.55. The topological polar surface area (TPSA) is 92.9 Å². The summed E-state index contributed by atoms with van der Waals surface area (Å²) in [6.07, 6.45) is 7.09. The highest BCUT2D eigenvalue weighted by atomic mass is 32.1. The van der Waals surface area contributed by atoms with E-state index in [-0.39, 0.29) is 27.1 Å². The summed E-state index contributed by atoms with van der Waals surface area (Å²) >= 11 is 5.38. The Morgan fingerprint density at radius 3 is 2.67 bits per heavy atom. The summed E-state index contributed by atoms with van der Waals surface area (Å²) in [6.45, 7) is 4.05. The molecule has 0 unspecified atom stereocenters. The maximum atomic E-state index is 13.3. The fourth-order valence-corrected chi connectivity index (χ4v) is 8.20. The third-order valence-electron chi connectivity index (χ3n) is 8.32. The number of carbonyl (C=O) groups is 1. The summed E-state index contributed by atoms with van der Waals surface area (Å²) in [7, 11) is 0. The molecule has 2 aromatic heterocycles. The first-order valence-electron chi connectivity index (χ1n) is 11.7. The highest BCUT2D eigenvalue weighted by molar-refractivity contribution is 7.71. The van der Waals surface area contributed by atoms with E-state index >= 15 is 0 Å². The van der Waals surface area contributed by atoms with Gasteiger partial charge in [-0.15, -0.1) is 0 Å². The molecule has 0 spiro atoms. The average molecular weight is 465 g/mol. The summed E-state index contributed by atoms with van der Waals surface area (Å²) in [5, 5.41) is 4.75. The quantitative estimate of drug-likeness (QED) is 0.548.